The molecule has 88 valence electrons. The van der Waals surface area contributed by atoms with Crippen molar-refractivity contribution in [2.75, 3.05) is 0 Å². The first-order chi connectivity index (χ1) is 8.09. The van der Waals surface area contributed by atoms with Crippen LogP contribution in [-0.2, 0) is 7.05 Å². The first kappa shape index (κ1) is 11.6. The van der Waals surface area contributed by atoms with Crippen molar-refractivity contribution in [1.29, 1.82) is 0 Å². The number of rotatable bonds is 3. The topological polar surface area (TPSA) is 80.9 Å². The van der Waals surface area contributed by atoms with Crippen LogP contribution in [0, 0.1) is 6.92 Å². The van der Waals surface area contributed by atoms with Gasteiger partial charge in [0.1, 0.15) is 10.6 Å². The van der Waals surface area contributed by atoms with Crippen LogP contribution in [0.3, 0.4) is 0 Å². The third kappa shape index (κ3) is 2.28. The highest BCUT2D eigenvalue weighted by molar-refractivity contribution is 7.99. The van der Waals surface area contributed by atoms with Gasteiger partial charge in [-0.1, -0.05) is 0 Å². The van der Waals surface area contributed by atoms with E-state index in [1.807, 2.05) is 0 Å². The fourth-order valence-electron chi connectivity index (χ4n) is 1.42. The van der Waals surface area contributed by atoms with Gasteiger partial charge in [-0.15, -0.1) is 0 Å². The highest BCUT2D eigenvalue weighted by Gasteiger charge is 2.21. The molecule has 0 saturated heterocycles. The van der Waals surface area contributed by atoms with Crippen LogP contribution in [0.1, 0.15) is 16.1 Å². The van der Waals surface area contributed by atoms with Gasteiger partial charge in [-0.25, -0.2) is 14.8 Å². The Balaban J connectivity index is 2.42. The van der Waals surface area contributed by atoms with Crippen LogP contribution in [0.2, 0.25) is 0 Å². The zero-order valence-electron chi connectivity index (χ0n) is 9.28. The van der Waals surface area contributed by atoms with Crippen molar-refractivity contribution in [2.45, 2.75) is 17.1 Å². The fraction of sp³-hybridized carbons (Fsp3) is 0.200. The van der Waals surface area contributed by atoms with Gasteiger partial charge < -0.3 is 5.11 Å². The largest absolute Gasteiger partial charge is 0.478 e. The number of aromatic carboxylic acids is 1. The molecule has 0 aliphatic rings. The molecule has 17 heavy (non-hydrogen) atoms. The molecule has 0 bridgehead atoms. The zero-order chi connectivity index (χ0) is 12.4. The van der Waals surface area contributed by atoms with Crippen molar-refractivity contribution in [3.05, 3.63) is 29.7 Å². The van der Waals surface area contributed by atoms with Gasteiger partial charge in [0, 0.05) is 19.4 Å². The van der Waals surface area contributed by atoms with E-state index >= 15 is 0 Å². The molecule has 0 aliphatic carbocycles. The highest BCUT2D eigenvalue weighted by Crippen LogP contribution is 2.28. The van der Waals surface area contributed by atoms with E-state index in [4.69, 9.17) is 5.11 Å². The predicted octanol–water partition coefficient (Wildman–Crippen LogP) is 1.37. The standard InChI is InChI=1S/C10H10N4O2S/c1-6-7(9(15)16)8(14(2)13-6)17-10-11-4-3-5-12-10/h3-5H,1-2H3,(H,15,16). The second-order valence-electron chi connectivity index (χ2n) is 3.33. The van der Waals surface area contributed by atoms with Crippen LogP contribution in [0.15, 0.2) is 28.6 Å². The summed E-state index contributed by atoms with van der Waals surface area (Å²) in [5.74, 6) is -0.992. The number of aryl methyl sites for hydroxylation is 2. The smallest absolute Gasteiger partial charge is 0.340 e. The average Bonchev–Trinajstić information content (AvgIpc) is 2.55. The van der Waals surface area contributed by atoms with E-state index in [-0.39, 0.29) is 5.56 Å². The molecule has 0 aromatic carbocycles. The Morgan fingerprint density at radius 1 is 1.41 bits per heavy atom. The molecular weight excluding hydrogens is 240 g/mol. The molecule has 0 amide bonds. The first-order valence-corrected chi connectivity index (χ1v) is 5.63. The Bertz CT molecular complexity index is 553. The lowest BCUT2D eigenvalue weighted by atomic mass is 10.3. The molecular formula is C10H10N4O2S. The monoisotopic (exact) mass is 250 g/mol. The Hall–Kier alpha value is -1.89. The lowest BCUT2D eigenvalue weighted by Crippen LogP contribution is -2.01. The molecule has 2 rings (SSSR count). The van der Waals surface area contributed by atoms with Gasteiger partial charge in [0.2, 0.25) is 0 Å². The summed E-state index contributed by atoms with van der Waals surface area (Å²) in [5.41, 5.74) is 0.684. The number of carboxylic acids is 1. The third-order valence-electron chi connectivity index (χ3n) is 2.11. The van der Waals surface area contributed by atoms with Crippen LogP contribution in [0.25, 0.3) is 0 Å². The minimum absolute atomic E-state index is 0.199. The maximum atomic E-state index is 11.1. The molecule has 0 unspecified atom stereocenters. The summed E-state index contributed by atoms with van der Waals surface area (Å²) in [7, 11) is 1.70. The van der Waals surface area contributed by atoms with E-state index in [2.05, 4.69) is 15.1 Å². The molecule has 2 heterocycles. The van der Waals surface area contributed by atoms with Crippen molar-refractivity contribution in [3.63, 3.8) is 0 Å². The molecule has 6 nitrogen and oxygen atoms in total. The Morgan fingerprint density at radius 2 is 2.06 bits per heavy atom. The predicted molar refractivity (Wildman–Crippen MR) is 61.1 cm³/mol. The van der Waals surface area contributed by atoms with Gasteiger partial charge in [-0.05, 0) is 24.8 Å². The molecule has 0 radical (unpaired) electrons. The van der Waals surface area contributed by atoms with Crippen LogP contribution in [0.4, 0.5) is 0 Å². The maximum Gasteiger partial charge on any atom is 0.340 e. The van der Waals surface area contributed by atoms with Crippen molar-refractivity contribution in [3.8, 4) is 0 Å². The first-order valence-electron chi connectivity index (χ1n) is 4.81. The van der Waals surface area contributed by atoms with Gasteiger partial charge in [0.15, 0.2) is 5.16 Å². The number of hydrogen-bond acceptors (Lipinski definition) is 5. The molecule has 2 aromatic rings. The molecule has 2 aromatic heterocycles. The molecule has 1 N–H and O–H groups in total. The van der Waals surface area contributed by atoms with Gasteiger partial charge in [-0.3, -0.25) is 4.68 Å². The van der Waals surface area contributed by atoms with Crippen LogP contribution in [-0.4, -0.2) is 30.8 Å². The van der Waals surface area contributed by atoms with Gasteiger partial charge >= 0.3 is 5.97 Å². The second-order valence-corrected chi connectivity index (χ2v) is 4.28. The zero-order valence-corrected chi connectivity index (χ0v) is 10.1. The Labute approximate surface area is 102 Å². The van der Waals surface area contributed by atoms with Gasteiger partial charge in [0.05, 0.1) is 5.69 Å². The second kappa shape index (κ2) is 4.54. The quantitative estimate of drug-likeness (QED) is 0.828. The fourth-order valence-corrected chi connectivity index (χ4v) is 2.33. The highest BCUT2D eigenvalue weighted by atomic mass is 32.2. The summed E-state index contributed by atoms with van der Waals surface area (Å²) in [6.45, 7) is 1.67. The summed E-state index contributed by atoms with van der Waals surface area (Å²) < 4.78 is 1.53. The normalized spacial score (nSPS) is 10.5. The molecule has 0 fully saturated rings. The number of aromatic nitrogens is 4. The number of carbonyl (C=O) groups is 1. The maximum absolute atomic E-state index is 11.1. The molecule has 7 heteroatoms. The molecule has 0 saturated carbocycles. The summed E-state index contributed by atoms with van der Waals surface area (Å²) in [6, 6.07) is 1.71. The van der Waals surface area contributed by atoms with Crippen LogP contribution >= 0.6 is 11.8 Å². The lowest BCUT2D eigenvalue weighted by Gasteiger charge is -2.01. The van der Waals surface area contributed by atoms with E-state index in [1.54, 1.807) is 32.4 Å². The third-order valence-corrected chi connectivity index (χ3v) is 3.17. The lowest BCUT2D eigenvalue weighted by molar-refractivity contribution is 0.0692. The molecule has 0 atom stereocenters. The average molecular weight is 250 g/mol. The molecule has 0 spiro atoms. The SMILES string of the molecule is Cc1nn(C)c(Sc2ncccn2)c1C(=O)O. The molecule has 0 aliphatic heterocycles. The minimum Gasteiger partial charge on any atom is -0.478 e. The van der Waals surface area contributed by atoms with E-state index in [0.29, 0.717) is 15.9 Å². The summed E-state index contributed by atoms with van der Waals surface area (Å²) in [6.07, 6.45) is 3.22. The minimum atomic E-state index is -0.992. The van der Waals surface area contributed by atoms with E-state index in [0.717, 1.165) is 0 Å². The van der Waals surface area contributed by atoms with Crippen molar-refractivity contribution in [2.24, 2.45) is 7.05 Å². The summed E-state index contributed by atoms with van der Waals surface area (Å²) in [4.78, 5) is 19.2. The van der Waals surface area contributed by atoms with Crippen LogP contribution in [0.5, 0.6) is 0 Å². The summed E-state index contributed by atoms with van der Waals surface area (Å²) in [5, 5.41) is 14.2. The number of carboxylic acid groups (broad SMARTS) is 1. The Kier molecular flexibility index (Phi) is 3.10. The van der Waals surface area contributed by atoms with E-state index in [1.165, 1.54) is 16.4 Å². The Morgan fingerprint density at radius 3 is 2.65 bits per heavy atom. The van der Waals surface area contributed by atoms with Crippen molar-refractivity contribution in [1.82, 2.24) is 19.7 Å². The van der Waals surface area contributed by atoms with E-state index < -0.39 is 5.97 Å². The summed E-state index contributed by atoms with van der Waals surface area (Å²) >= 11 is 1.19. The number of hydrogen-bond donors (Lipinski definition) is 1. The van der Waals surface area contributed by atoms with Gasteiger partial charge in [0.25, 0.3) is 0 Å². The van der Waals surface area contributed by atoms with E-state index in [9.17, 15) is 4.79 Å². The van der Waals surface area contributed by atoms with Crippen molar-refractivity contribution >= 4 is 17.7 Å². The van der Waals surface area contributed by atoms with Gasteiger partial charge in [-0.2, -0.15) is 5.10 Å². The van der Waals surface area contributed by atoms with Crippen LogP contribution < -0.4 is 0 Å². The van der Waals surface area contributed by atoms with Crippen molar-refractivity contribution < 1.29 is 9.90 Å². The number of nitrogens with zero attached hydrogens (tertiary/aromatic N) is 4.